The van der Waals surface area contributed by atoms with Crippen molar-refractivity contribution in [2.45, 2.75) is 177 Å². The molecule has 0 saturated carbocycles. The van der Waals surface area contributed by atoms with Gasteiger partial charge in [0.2, 0.25) is 5.91 Å². The van der Waals surface area contributed by atoms with E-state index in [4.69, 9.17) is 9.47 Å². The highest BCUT2D eigenvalue weighted by molar-refractivity contribution is 5.77. The van der Waals surface area contributed by atoms with Crippen molar-refractivity contribution in [2.75, 3.05) is 39.4 Å². The molecule has 0 aliphatic carbocycles. The first-order valence-corrected chi connectivity index (χ1v) is 19.0. The van der Waals surface area contributed by atoms with E-state index in [1.54, 1.807) is 4.90 Å². The molecule has 2 unspecified atom stereocenters. The van der Waals surface area contributed by atoms with Crippen LogP contribution >= 0.6 is 0 Å². The van der Waals surface area contributed by atoms with Gasteiger partial charge in [0.15, 0.2) is 0 Å². The van der Waals surface area contributed by atoms with E-state index in [0.717, 1.165) is 70.4 Å². The van der Waals surface area contributed by atoms with Crippen molar-refractivity contribution in [3.63, 3.8) is 0 Å². The fraction of sp³-hybridized carbons (Fsp3) is 0.921. The summed E-state index contributed by atoms with van der Waals surface area (Å²) in [5.74, 6) is 0.348. The van der Waals surface area contributed by atoms with Crippen molar-refractivity contribution >= 4 is 17.8 Å². The summed E-state index contributed by atoms with van der Waals surface area (Å²) in [7, 11) is 0. The predicted molar refractivity (Wildman–Crippen MR) is 188 cm³/mol. The van der Waals surface area contributed by atoms with Crippen molar-refractivity contribution in [3.05, 3.63) is 0 Å². The molecule has 7 heteroatoms. The van der Waals surface area contributed by atoms with Crippen molar-refractivity contribution in [3.8, 4) is 0 Å². The van der Waals surface area contributed by atoms with Gasteiger partial charge in [-0.2, -0.15) is 0 Å². The fourth-order valence-corrected chi connectivity index (χ4v) is 5.98. The third-order valence-electron chi connectivity index (χ3n) is 9.05. The molecule has 0 radical (unpaired) electrons. The summed E-state index contributed by atoms with van der Waals surface area (Å²) < 4.78 is 11.3. The van der Waals surface area contributed by atoms with Crippen molar-refractivity contribution in [1.29, 1.82) is 0 Å². The number of rotatable bonds is 31. The SMILES string of the molecule is CCCCCCCCC(CCCCCC)C(=O)OCCN(CCOC(=O)CCCCCCC(C)C)C(=O)CC(C)N(CC)CC. The molecular formula is C38H74N2O5. The molecule has 0 spiro atoms. The first kappa shape index (κ1) is 43.4. The summed E-state index contributed by atoms with van der Waals surface area (Å²) in [6.07, 6.45) is 19.9. The number of esters is 2. The van der Waals surface area contributed by atoms with E-state index in [-0.39, 0.29) is 43.0 Å². The molecule has 7 nitrogen and oxygen atoms in total. The minimum Gasteiger partial charge on any atom is -0.464 e. The van der Waals surface area contributed by atoms with E-state index in [1.165, 1.54) is 57.8 Å². The standard InChI is InChI=1S/C38H74N2O5/c1-8-12-14-16-17-22-26-35(25-21-15-13-9-2)38(43)45-31-29-40(36(41)32-34(7)39(10-3)11-4)28-30-44-37(42)27-23-19-18-20-24-33(5)6/h33-35H,8-32H2,1-7H3. The third kappa shape index (κ3) is 24.2. The lowest BCUT2D eigenvalue weighted by Crippen LogP contribution is -2.42. The van der Waals surface area contributed by atoms with E-state index in [2.05, 4.69) is 53.4 Å². The molecule has 0 saturated heterocycles. The van der Waals surface area contributed by atoms with Crippen LogP contribution in [0.25, 0.3) is 0 Å². The van der Waals surface area contributed by atoms with E-state index in [1.807, 2.05) is 0 Å². The van der Waals surface area contributed by atoms with Crippen LogP contribution in [0.1, 0.15) is 170 Å². The smallest absolute Gasteiger partial charge is 0.308 e. The Kier molecular flexibility index (Phi) is 28.7. The lowest BCUT2D eigenvalue weighted by Gasteiger charge is -2.29. The predicted octanol–water partition coefficient (Wildman–Crippen LogP) is 9.36. The van der Waals surface area contributed by atoms with Gasteiger partial charge >= 0.3 is 11.9 Å². The van der Waals surface area contributed by atoms with Crippen molar-refractivity contribution in [2.24, 2.45) is 11.8 Å². The Balaban J connectivity index is 4.98. The Bertz CT molecular complexity index is 725. The van der Waals surface area contributed by atoms with Gasteiger partial charge in [0.05, 0.1) is 19.0 Å². The number of carbonyl (C=O) groups is 3. The van der Waals surface area contributed by atoms with Gasteiger partial charge in [-0.3, -0.25) is 14.4 Å². The Morgan fingerprint density at radius 2 is 1.09 bits per heavy atom. The normalized spacial score (nSPS) is 12.8. The van der Waals surface area contributed by atoms with Crippen LogP contribution in [0.3, 0.4) is 0 Å². The molecule has 0 bridgehead atoms. The molecule has 0 aliphatic rings. The molecule has 0 fully saturated rings. The second-order valence-electron chi connectivity index (χ2n) is 13.5. The highest BCUT2D eigenvalue weighted by Gasteiger charge is 2.23. The van der Waals surface area contributed by atoms with Gasteiger partial charge in [0.25, 0.3) is 0 Å². The van der Waals surface area contributed by atoms with Gasteiger partial charge in [-0.05, 0) is 45.2 Å². The molecule has 0 N–H and O–H groups in total. The lowest BCUT2D eigenvalue weighted by molar-refractivity contribution is -0.151. The Morgan fingerprint density at radius 1 is 0.600 bits per heavy atom. The largest absolute Gasteiger partial charge is 0.464 e. The summed E-state index contributed by atoms with van der Waals surface area (Å²) in [5, 5.41) is 0. The Hall–Kier alpha value is -1.63. The van der Waals surface area contributed by atoms with Crippen LogP contribution in [0.2, 0.25) is 0 Å². The molecule has 0 aromatic carbocycles. The summed E-state index contributed by atoms with van der Waals surface area (Å²) in [6, 6.07) is 0.112. The maximum Gasteiger partial charge on any atom is 0.308 e. The van der Waals surface area contributed by atoms with Gasteiger partial charge in [0.1, 0.15) is 13.2 Å². The quantitative estimate of drug-likeness (QED) is 0.0556. The Morgan fingerprint density at radius 3 is 1.64 bits per heavy atom. The van der Waals surface area contributed by atoms with Crippen LogP contribution in [0.15, 0.2) is 0 Å². The zero-order chi connectivity index (χ0) is 33.7. The van der Waals surface area contributed by atoms with Crippen molar-refractivity contribution in [1.82, 2.24) is 9.80 Å². The van der Waals surface area contributed by atoms with Gasteiger partial charge in [-0.1, -0.05) is 131 Å². The van der Waals surface area contributed by atoms with Gasteiger partial charge in [-0.15, -0.1) is 0 Å². The molecule has 0 aromatic heterocycles. The van der Waals surface area contributed by atoms with E-state index >= 15 is 0 Å². The van der Waals surface area contributed by atoms with Crippen molar-refractivity contribution < 1.29 is 23.9 Å². The first-order valence-electron chi connectivity index (χ1n) is 19.0. The number of hydrogen-bond donors (Lipinski definition) is 0. The molecule has 1 amide bonds. The number of unbranched alkanes of at least 4 members (excludes halogenated alkanes) is 11. The number of ether oxygens (including phenoxy) is 2. The lowest BCUT2D eigenvalue weighted by atomic mass is 9.94. The molecule has 2 atom stereocenters. The highest BCUT2D eigenvalue weighted by atomic mass is 16.5. The topological polar surface area (TPSA) is 76.1 Å². The number of amides is 1. The van der Waals surface area contributed by atoms with Crippen LogP contribution in [0.5, 0.6) is 0 Å². The number of hydrogen-bond acceptors (Lipinski definition) is 6. The number of carbonyl (C=O) groups excluding carboxylic acids is 3. The highest BCUT2D eigenvalue weighted by Crippen LogP contribution is 2.20. The monoisotopic (exact) mass is 639 g/mol. The third-order valence-corrected chi connectivity index (χ3v) is 9.05. The summed E-state index contributed by atoms with van der Waals surface area (Å²) in [5.41, 5.74) is 0. The molecule has 0 heterocycles. The van der Waals surface area contributed by atoms with Gasteiger partial charge < -0.3 is 19.3 Å². The van der Waals surface area contributed by atoms with E-state index in [0.29, 0.717) is 25.9 Å². The average Bonchev–Trinajstić information content (AvgIpc) is 3.01. The molecule has 0 aromatic rings. The zero-order valence-corrected chi connectivity index (χ0v) is 30.8. The van der Waals surface area contributed by atoms with E-state index < -0.39 is 0 Å². The van der Waals surface area contributed by atoms with Crippen LogP contribution in [0, 0.1) is 11.8 Å². The Labute approximate surface area is 278 Å². The molecule has 0 rings (SSSR count). The summed E-state index contributed by atoms with van der Waals surface area (Å²) >= 11 is 0. The fourth-order valence-electron chi connectivity index (χ4n) is 5.98. The minimum atomic E-state index is -0.199. The van der Waals surface area contributed by atoms with Crippen LogP contribution < -0.4 is 0 Å². The molecule has 45 heavy (non-hydrogen) atoms. The second kappa shape index (κ2) is 29.8. The molecule has 266 valence electrons. The minimum absolute atomic E-state index is 0.00912. The van der Waals surface area contributed by atoms with Crippen LogP contribution in [-0.4, -0.2) is 73.1 Å². The molecular weight excluding hydrogens is 564 g/mol. The van der Waals surface area contributed by atoms with Gasteiger partial charge in [-0.25, -0.2) is 0 Å². The maximum atomic E-state index is 13.4. The van der Waals surface area contributed by atoms with Gasteiger partial charge in [0, 0.05) is 18.9 Å². The molecule has 0 aliphatic heterocycles. The summed E-state index contributed by atoms with van der Waals surface area (Å²) in [4.78, 5) is 42.9. The summed E-state index contributed by atoms with van der Waals surface area (Å²) in [6.45, 7) is 18.0. The first-order chi connectivity index (χ1) is 21.7. The second-order valence-corrected chi connectivity index (χ2v) is 13.5. The number of nitrogens with zero attached hydrogens (tertiary/aromatic N) is 2. The zero-order valence-electron chi connectivity index (χ0n) is 30.8. The van der Waals surface area contributed by atoms with Crippen LogP contribution in [0.4, 0.5) is 0 Å². The average molecular weight is 639 g/mol. The van der Waals surface area contributed by atoms with Crippen LogP contribution in [-0.2, 0) is 23.9 Å². The van der Waals surface area contributed by atoms with E-state index in [9.17, 15) is 14.4 Å². The maximum absolute atomic E-state index is 13.4.